The molecule has 0 amide bonds. The van der Waals surface area contributed by atoms with Crippen molar-refractivity contribution in [3.05, 3.63) is 18.0 Å². The molecule has 4 nitrogen and oxygen atoms in total. The first-order valence-electron chi connectivity index (χ1n) is 8.14. The lowest BCUT2D eigenvalue weighted by molar-refractivity contribution is 0.117. The lowest BCUT2D eigenvalue weighted by atomic mass is 9.90. The highest BCUT2D eigenvalue weighted by Crippen LogP contribution is 2.21. The van der Waals surface area contributed by atoms with Gasteiger partial charge in [0.2, 0.25) is 0 Å². The second-order valence-electron chi connectivity index (χ2n) is 6.17. The van der Waals surface area contributed by atoms with Crippen molar-refractivity contribution in [1.82, 2.24) is 20.0 Å². The van der Waals surface area contributed by atoms with Crippen molar-refractivity contribution in [3.8, 4) is 0 Å². The van der Waals surface area contributed by atoms with E-state index in [1.54, 1.807) is 0 Å². The molecular formula is C16H30N4. The van der Waals surface area contributed by atoms with Gasteiger partial charge in [-0.3, -0.25) is 9.58 Å². The van der Waals surface area contributed by atoms with E-state index in [4.69, 9.17) is 5.10 Å². The van der Waals surface area contributed by atoms with Gasteiger partial charge < -0.3 is 5.32 Å². The van der Waals surface area contributed by atoms with E-state index in [9.17, 15) is 0 Å². The monoisotopic (exact) mass is 278 g/mol. The molecule has 1 saturated heterocycles. The molecule has 4 heteroatoms. The molecular weight excluding hydrogens is 248 g/mol. The van der Waals surface area contributed by atoms with Crippen LogP contribution in [0.15, 0.2) is 12.3 Å². The molecule has 2 heterocycles. The topological polar surface area (TPSA) is 33.1 Å². The van der Waals surface area contributed by atoms with Gasteiger partial charge in [0.25, 0.3) is 0 Å². The Hall–Kier alpha value is -0.870. The first-order chi connectivity index (χ1) is 9.62. The molecule has 1 aliphatic rings. The highest BCUT2D eigenvalue weighted by molar-refractivity contribution is 5.02. The van der Waals surface area contributed by atoms with Crippen LogP contribution in [0.25, 0.3) is 0 Å². The number of aromatic nitrogens is 2. The fraction of sp³-hybridized carbons (Fsp3) is 0.812. The molecule has 1 N–H and O–H groups in total. The zero-order valence-corrected chi connectivity index (χ0v) is 13.5. The SMILES string of the molecule is CCC(C)n1ccc(CN2CCNC(CC)(CC)C2)n1. The van der Waals surface area contributed by atoms with Gasteiger partial charge in [-0.1, -0.05) is 20.8 Å². The number of hydrogen-bond acceptors (Lipinski definition) is 3. The third-order valence-corrected chi connectivity index (χ3v) is 4.90. The Morgan fingerprint density at radius 3 is 2.75 bits per heavy atom. The van der Waals surface area contributed by atoms with Gasteiger partial charge in [-0.2, -0.15) is 5.10 Å². The molecule has 114 valence electrons. The molecule has 0 aliphatic carbocycles. The molecule has 0 aromatic carbocycles. The summed E-state index contributed by atoms with van der Waals surface area (Å²) in [5.41, 5.74) is 1.51. The van der Waals surface area contributed by atoms with Crippen molar-refractivity contribution in [2.24, 2.45) is 0 Å². The molecule has 1 atom stereocenters. The van der Waals surface area contributed by atoms with Crippen molar-refractivity contribution in [2.45, 2.75) is 65.1 Å². The van der Waals surface area contributed by atoms with Crippen molar-refractivity contribution < 1.29 is 0 Å². The van der Waals surface area contributed by atoms with Gasteiger partial charge >= 0.3 is 0 Å². The molecule has 1 aliphatic heterocycles. The summed E-state index contributed by atoms with van der Waals surface area (Å²) in [7, 11) is 0. The Labute approximate surface area is 123 Å². The quantitative estimate of drug-likeness (QED) is 0.868. The van der Waals surface area contributed by atoms with E-state index in [2.05, 4.69) is 54.9 Å². The zero-order chi connectivity index (χ0) is 14.6. The third kappa shape index (κ3) is 3.41. The summed E-state index contributed by atoms with van der Waals surface area (Å²) < 4.78 is 2.10. The Balaban J connectivity index is 1.97. The summed E-state index contributed by atoms with van der Waals surface area (Å²) in [6.45, 7) is 13.3. The Bertz CT molecular complexity index is 408. The number of hydrogen-bond donors (Lipinski definition) is 1. The second-order valence-corrected chi connectivity index (χ2v) is 6.17. The van der Waals surface area contributed by atoms with Crippen molar-refractivity contribution in [3.63, 3.8) is 0 Å². The van der Waals surface area contributed by atoms with E-state index in [1.807, 2.05) is 0 Å². The fourth-order valence-electron chi connectivity index (χ4n) is 3.02. The normalized spacial score (nSPS) is 21.0. The Morgan fingerprint density at radius 2 is 2.10 bits per heavy atom. The van der Waals surface area contributed by atoms with E-state index in [-0.39, 0.29) is 0 Å². The molecule has 1 aromatic rings. The average molecular weight is 278 g/mol. The molecule has 0 saturated carbocycles. The van der Waals surface area contributed by atoms with E-state index in [0.29, 0.717) is 11.6 Å². The standard InChI is InChI=1S/C16H30N4/c1-5-14(4)20-10-8-15(18-20)12-19-11-9-17-16(6-2,7-3)13-19/h8,10,14,17H,5-7,9,11-13H2,1-4H3. The van der Waals surface area contributed by atoms with Crippen LogP contribution in [-0.2, 0) is 6.54 Å². The van der Waals surface area contributed by atoms with Crippen LogP contribution in [-0.4, -0.2) is 39.9 Å². The highest BCUT2D eigenvalue weighted by atomic mass is 15.3. The zero-order valence-electron chi connectivity index (χ0n) is 13.5. The molecule has 1 aromatic heterocycles. The highest BCUT2D eigenvalue weighted by Gasteiger charge is 2.31. The fourth-order valence-corrected chi connectivity index (χ4v) is 3.02. The first kappa shape index (κ1) is 15.5. The van der Waals surface area contributed by atoms with Gasteiger partial charge in [0.1, 0.15) is 0 Å². The van der Waals surface area contributed by atoms with Crippen LogP contribution in [0.1, 0.15) is 58.7 Å². The summed E-state index contributed by atoms with van der Waals surface area (Å²) in [5, 5.41) is 8.44. The van der Waals surface area contributed by atoms with Crippen LogP contribution >= 0.6 is 0 Å². The van der Waals surface area contributed by atoms with Crippen LogP contribution < -0.4 is 5.32 Å². The minimum Gasteiger partial charge on any atom is -0.309 e. The Kier molecular flexibility index (Phi) is 5.22. The number of nitrogens with zero attached hydrogens (tertiary/aromatic N) is 3. The lowest BCUT2D eigenvalue weighted by Crippen LogP contribution is -2.59. The van der Waals surface area contributed by atoms with Gasteiger partial charge in [-0.15, -0.1) is 0 Å². The average Bonchev–Trinajstić information content (AvgIpc) is 2.95. The van der Waals surface area contributed by atoms with Gasteiger partial charge in [0, 0.05) is 44.0 Å². The molecule has 2 rings (SSSR count). The first-order valence-corrected chi connectivity index (χ1v) is 8.14. The summed E-state index contributed by atoms with van der Waals surface area (Å²) in [5.74, 6) is 0. The van der Waals surface area contributed by atoms with Crippen molar-refractivity contribution >= 4 is 0 Å². The van der Waals surface area contributed by atoms with Gasteiger partial charge in [0.15, 0.2) is 0 Å². The molecule has 1 unspecified atom stereocenters. The van der Waals surface area contributed by atoms with Crippen molar-refractivity contribution in [1.29, 1.82) is 0 Å². The molecule has 0 spiro atoms. The summed E-state index contributed by atoms with van der Waals surface area (Å²) in [6, 6.07) is 2.67. The maximum Gasteiger partial charge on any atom is 0.0764 e. The summed E-state index contributed by atoms with van der Waals surface area (Å²) in [6.07, 6.45) is 5.64. The van der Waals surface area contributed by atoms with E-state index in [0.717, 1.165) is 32.6 Å². The second kappa shape index (κ2) is 6.72. The smallest absolute Gasteiger partial charge is 0.0764 e. The largest absolute Gasteiger partial charge is 0.309 e. The van der Waals surface area contributed by atoms with Crippen LogP contribution in [0.4, 0.5) is 0 Å². The van der Waals surface area contributed by atoms with Gasteiger partial charge in [0.05, 0.1) is 5.69 Å². The van der Waals surface area contributed by atoms with Crippen LogP contribution in [0.2, 0.25) is 0 Å². The van der Waals surface area contributed by atoms with Crippen LogP contribution in [0.5, 0.6) is 0 Å². The number of rotatable bonds is 6. The summed E-state index contributed by atoms with van der Waals surface area (Å²) in [4.78, 5) is 2.55. The van der Waals surface area contributed by atoms with Crippen LogP contribution in [0, 0.1) is 0 Å². The Morgan fingerprint density at radius 1 is 1.35 bits per heavy atom. The number of nitrogens with one attached hydrogen (secondary N) is 1. The predicted octanol–water partition coefficient (Wildman–Crippen LogP) is 2.82. The third-order valence-electron chi connectivity index (χ3n) is 4.90. The van der Waals surface area contributed by atoms with Gasteiger partial charge in [-0.05, 0) is 32.3 Å². The molecule has 0 radical (unpaired) electrons. The van der Waals surface area contributed by atoms with Gasteiger partial charge in [-0.25, -0.2) is 0 Å². The minimum absolute atomic E-state index is 0.303. The maximum atomic E-state index is 4.73. The van der Waals surface area contributed by atoms with E-state index in [1.165, 1.54) is 18.5 Å². The van der Waals surface area contributed by atoms with Crippen LogP contribution in [0.3, 0.4) is 0 Å². The molecule has 1 fully saturated rings. The van der Waals surface area contributed by atoms with Crippen molar-refractivity contribution in [2.75, 3.05) is 19.6 Å². The molecule has 20 heavy (non-hydrogen) atoms. The predicted molar refractivity (Wildman–Crippen MR) is 83.8 cm³/mol. The minimum atomic E-state index is 0.303. The molecule has 0 bridgehead atoms. The number of piperazine rings is 1. The summed E-state index contributed by atoms with van der Waals surface area (Å²) >= 11 is 0. The van der Waals surface area contributed by atoms with E-state index < -0.39 is 0 Å². The lowest BCUT2D eigenvalue weighted by Gasteiger charge is -2.43. The maximum absolute atomic E-state index is 4.73. The van der Waals surface area contributed by atoms with E-state index >= 15 is 0 Å².